The monoisotopic (exact) mass is 289 g/mol. The molecule has 2 aromatic rings. The van der Waals surface area contributed by atoms with Crippen LogP contribution in [0.4, 0.5) is 6.01 Å². The fourth-order valence-electron chi connectivity index (χ4n) is 1.13. The number of rotatable bonds is 4. The van der Waals surface area contributed by atoms with E-state index >= 15 is 0 Å². The molecule has 8 nitrogen and oxygen atoms in total. The number of hydrogen-bond donors (Lipinski definition) is 2. The van der Waals surface area contributed by atoms with Crippen molar-refractivity contribution >= 4 is 33.3 Å². The second-order valence-corrected chi connectivity index (χ2v) is 5.93. The molecule has 18 heavy (non-hydrogen) atoms. The van der Waals surface area contributed by atoms with Crippen LogP contribution in [0.5, 0.6) is 0 Å². The van der Waals surface area contributed by atoms with Crippen molar-refractivity contribution in [1.29, 1.82) is 0 Å². The third-order valence-electron chi connectivity index (χ3n) is 1.82. The largest absolute Gasteiger partial charge is 0.476 e. The molecule has 0 saturated carbocycles. The molecule has 96 valence electrons. The van der Waals surface area contributed by atoms with E-state index in [1.807, 2.05) is 4.72 Å². The van der Waals surface area contributed by atoms with Gasteiger partial charge in [-0.1, -0.05) is 0 Å². The lowest BCUT2D eigenvalue weighted by atomic mass is 10.5. The van der Waals surface area contributed by atoms with Gasteiger partial charge in [0.15, 0.2) is 9.90 Å². The average molecular weight is 289 g/mol. The molecule has 0 spiro atoms. The molecule has 0 saturated heterocycles. The van der Waals surface area contributed by atoms with Gasteiger partial charge >= 0.3 is 12.0 Å². The number of sulfonamides is 1. The highest BCUT2D eigenvalue weighted by Gasteiger charge is 2.27. The minimum atomic E-state index is -4.06. The van der Waals surface area contributed by atoms with Crippen molar-refractivity contribution in [2.75, 3.05) is 4.72 Å². The number of nitrogens with one attached hydrogen (secondary N) is 1. The van der Waals surface area contributed by atoms with Crippen LogP contribution in [0.15, 0.2) is 20.4 Å². The van der Waals surface area contributed by atoms with E-state index in [-0.39, 0.29) is 6.01 Å². The third kappa shape index (κ3) is 2.33. The number of aryl methyl sites for hydroxylation is 1. The Balaban J connectivity index is 2.37. The smallest absolute Gasteiger partial charge is 0.356 e. The fourth-order valence-corrected chi connectivity index (χ4v) is 3.21. The van der Waals surface area contributed by atoms with E-state index in [1.54, 1.807) is 6.92 Å². The van der Waals surface area contributed by atoms with Gasteiger partial charge in [-0.3, -0.25) is 0 Å². The highest BCUT2D eigenvalue weighted by molar-refractivity contribution is 7.94. The molecule has 0 aliphatic rings. The molecule has 0 aromatic carbocycles. The Bertz CT molecular complexity index is 687. The van der Waals surface area contributed by atoms with Crippen molar-refractivity contribution in [2.24, 2.45) is 0 Å². The van der Waals surface area contributed by atoms with Crippen LogP contribution < -0.4 is 4.72 Å². The number of aromatic carboxylic acids is 1. The summed E-state index contributed by atoms with van der Waals surface area (Å²) < 4.78 is 30.3. The predicted molar refractivity (Wildman–Crippen MR) is 61.1 cm³/mol. The molecule has 0 aliphatic heterocycles. The van der Waals surface area contributed by atoms with Crippen LogP contribution in [0.1, 0.15) is 16.2 Å². The van der Waals surface area contributed by atoms with Crippen molar-refractivity contribution < 1.29 is 22.7 Å². The molecule has 0 radical (unpaired) electrons. The van der Waals surface area contributed by atoms with Gasteiger partial charge in [0, 0.05) is 0 Å². The van der Waals surface area contributed by atoms with E-state index in [4.69, 9.17) is 9.52 Å². The van der Waals surface area contributed by atoms with Gasteiger partial charge in [0.1, 0.15) is 6.26 Å². The number of carboxylic acids is 1. The first-order valence-electron chi connectivity index (χ1n) is 4.52. The zero-order chi connectivity index (χ0) is 13.3. The zero-order valence-electron chi connectivity index (χ0n) is 8.95. The van der Waals surface area contributed by atoms with Gasteiger partial charge in [-0.05, 0) is 6.92 Å². The molecule has 10 heteroatoms. The summed E-state index contributed by atoms with van der Waals surface area (Å²) in [6.45, 7) is 1.62. The molecule has 0 amide bonds. The molecule has 2 aromatic heterocycles. The second-order valence-electron chi connectivity index (χ2n) is 3.19. The van der Waals surface area contributed by atoms with Crippen LogP contribution in [-0.2, 0) is 10.0 Å². The van der Waals surface area contributed by atoms with E-state index in [9.17, 15) is 13.2 Å². The lowest BCUT2D eigenvalue weighted by Gasteiger charge is -2.01. The van der Waals surface area contributed by atoms with E-state index in [0.717, 1.165) is 5.51 Å². The Morgan fingerprint density at radius 3 is 2.83 bits per heavy atom. The van der Waals surface area contributed by atoms with E-state index in [1.165, 1.54) is 6.26 Å². The first kappa shape index (κ1) is 12.5. The van der Waals surface area contributed by atoms with Crippen LogP contribution in [0.25, 0.3) is 0 Å². The molecular formula is C8H7N3O5S2. The lowest BCUT2D eigenvalue weighted by Crippen LogP contribution is -2.15. The molecular weight excluding hydrogens is 282 g/mol. The summed E-state index contributed by atoms with van der Waals surface area (Å²) in [6.07, 6.45) is 1.27. The quantitative estimate of drug-likeness (QED) is 0.858. The first-order chi connectivity index (χ1) is 8.40. The second kappa shape index (κ2) is 4.38. The maximum atomic E-state index is 11.9. The maximum absolute atomic E-state index is 11.9. The average Bonchev–Trinajstić information content (AvgIpc) is 2.86. The predicted octanol–water partition coefficient (Wildman–Crippen LogP) is 0.939. The summed E-state index contributed by atoms with van der Waals surface area (Å²) in [4.78, 5) is 18.0. The minimum Gasteiger partial charge on any atom is -0.476 e. The summed E-state index contributed by atoms with van der Waals surface area (Å²) in [7, 11) is -4.06. The Hall–Kier alpha value is -1.94. The molecule has 0 fully saturated rings. The van der Waals surface area contributed by atoms with Crippen LogP contribution in [0.2, 0.25) is 0 Å². The SMILES string of the molecule is Cc1coc(NS(=O)(=O)c2scnc2C(=O)O)n1. The summed E-state index contributed by atoms with van der Waals surface area (Å²) in [5, 5.41) is 8.80. The summed E-state index contributed by atoms with van der Waals surface area (Å²) in [5.41, 5.74) is 1.10. The molecule has 0 atom stereocenters. The molecule has 2 heterocycles. The van der Waals surface area contributed by atoms with Crippen molar-refractivity contribution in [3.63, 3.8) is 0 Å². The van der Waals surface area contributed by atoms with Gasteiger partial charge in [0.2, 0.25) is 0 Å². The van der Waals surface area contributed by atoms with Gasteiger partial charge in [-0.25, -0.2) is 22.9 Å². The Morgan fingerprint density at radius 1 is 1.56 bits per heavy atom. The number of carbonyl (C=O) groups is 1. The highest BCUT2D eigenvalue weighted by atomic mass is 32.2. The molecule has 2 N–H and O–H groups in total. The van der Waals surface area contributed by atoms with E-state index < -0.39 is 25.9 Å². The van der Waals surface area contributed by atoms with Gasteiger partial charge in [0.25, 0.3) is 10.0 Å². The minimum absolute atomic E-state index is 0.225. The zero-order valence-corrected chi connectivity index (χ0v) is 10.6. The van der Waals surface area contributed by atoms with Gasteiger partial charge in [-0.15, -0.1) is 11.3 Å². The van der Waals surface area contributed by atoms with Crippen LogP contribution in [0, 0.1) is 6.92 Å². The fraction of sp³-hybridized carbons (Fsp3) is 0.125. The van der Waals surface area contributed by atoms with Crippen LogP contribution in [-0.4, -0.2) is 29.5 Å². The van der Waals surface area contributed by atoms with Gasteiger partial charge < -0.3 is 9.52 Å². The van der Waals surface area contributed by atoms with Crippen molar-refractivity contribution in [1.82, 2.24) is 9.97 Å². The van der Waals surface area contributed by atoms with Crippen LogP contribution in [0.3, 0.4) is 0 Å². The third-order valence-corrected chi connectivity index (χ3v) is 4.51. The number of thiazole rings is 1. The number of nitrogens with zero attached hydrogens (tertiary/aromatic N) is 2. The topological polar surface area (TPSA) is 122 Å². The van der Waals surface area contributed by atoms with Crippen molar-refractivity contribution in [3.05, 3.63) is 23.2 Å². The lowest BCUT2D eigenvalue weighted by molar-refractivity contribution is 0.0687. The van der Waals surface area contributed by atoms with Crippen molar-refractivity contribution in [3.8, 4) is 0 Å². The molecule has 2 rings (SSSR count). The summed E-state index contributed by atoms with van der Waals surface area (Å²) >= 11 is 0.699. The van der Waals surface area contributed by atoms with E-state index in [0.29, 0.717) is 17.0 Å². The van der Waals surface area contributed by atoms with Gasteiger partial charge in [0.05, 0.1) is 11.2 Å². The van der Waals surface area contributed by atoms with E-state index in [2.05, 4.69) is 9.97 Å². The molecule has 0 unspecified atom stereocenters. The summed E-state index contributed by atoms with van der Waals surface area (Å²) in [6, 6.07) is -0.225. The number of hydrogen-bond acceptors (Lipinski definition) is 7. The van der Waals surface area contributed by atoms with Crippen LogP contribution >= 0.6 is 11.3 Å². The number of oxazole rings is 1. The first-order valence-corrected chi connectivity index (χ1v) is 6.88. The normalized spacial score (nSPS) is 11.4. The van der Waals surface area contributed by atoms with Gasteiger partial charge in [-0.2, -0.15) is 4.98 Å². The standard InChI is InChI=1S/C8H7N3O5S2/c1-4-2-16-8(10-4)11-18(14,15)7-5(6(12)13)9-3-17-7/h2-3H,1H3,(H,10,11)(H,12,13). The highest BCUT2D eigenvalue weighted by Crippen LogP contribution is 2.22. The number of carboxylic acid groups (broad SMARTS) is 1. The Labute approximate surface area is 105 Å². The summed E-state index contributed by atoms with van der Waals surface area (Å²) in [5.74, 6) is -1.42. The maximum Gasteiger partial charge on any atom is 0.356 e. The van der Waals surface area contributed by atoms with Crippen molar-refractivity contribution in [2.45, 2.75) is 11.1 Å². The molecule has 0 bridgehead atoms. The number of aromatic nitrogens is 2. The number of anilines is 1. The molecule has 0 aliphatic carbocycles. The Kier molecular flexibility index (Phi) is 3.05. The Morgan fingerprint density at radius 2 is 2.28 bits per heavy atom.